The first-order valence-corrected chi connectivity index (χ1v) is 5.20. The van der Waals surface area contributed by atoms with Crippen LogP contribution in [0.2, 0.25) is 0 Å². The van der Waals surface area contributed by atoms with Gasteiger partial charge in [-0.3, -0.25) is 4.79 Å². The summed E-state index contributed by atoms with van der Waals surface area (Å²) in [5.41, 5.74) is 0. The summed E-state index contributed by atoms with van der Waals surface area (Å²) in [6.45, 7) is 3.68. The van der Waals surface area contributed by atoms with E-state index < -0.39 is 0 Å². The molecular weight excluding hydrogens is 166 g/mol. The maximum absolute atomic E-state index is 11.3. The van der Waals surface area contributed by atoms with Crippen molar-refractivity contribution < 1.29 is 9.53 Å². The largest absolute Gasteiger partial charge is 0.381 e. The van der Waals surface area contributed by atoms with Gasteiger partial charge in [0.25, 0.3) is 0 Å². The third-order valence-electron chi connectivity index (χ3n) is 2.34. The maximum atomic E-state index is 11.3. The number of nitrogens with one attached hydrogen (secondary N) is 1. The Morgan fingerprint density at radius 2 is 2.15 bits per heavy atom. The number of hydrogen-bond donors (Lipinski definition) is 1. The lowest BCUT2D eigenvalue weighted by molar-refractivity contribution is -0.122. The molecule has 1 rings (SSSR count). The molecule has 76 valence electrons. The molecule has 1 heterocycles. The van der Waals surface area contributed by atoms with Crippen molar-refractivity contribution in [1.82, 2.24) is 5.32 Å². The number of unbranched alkanes of at least 4 members (excludes halogenated alkanes) is 1. The summed E-state index contributed by atoms with van der Waals surface area (Å²) in [7, 11) is 0. The molecule has 1 aliphatic heterocycles. The highest BCUT2D eigenvalue weighted by molar-refractivity contribution is 5.76. The van der Waals surface area contributed by atoms with E-state index in [1.54, 1.807) is 0 Å². The van der Waals surface area contributed by atoms with Crippen LogP contribution >= 0.6 is 0 Å². The second kappa shape index (κ2) is 5.97. The molecule has 1 N–H and O–H groups in total. The van der Waals surface area contributed by atoms with Gasteiger partial charge in [0.05, 0.1) is 0 Å². The molecule has 1 saturated heterocycles. The van der Waals surface area contributed by atoms with Crippen LogP contribution in [0.1, 0.15) is 39.0 Å². The van der Waals surface area contributed by atoms with Crippen molar-refractivity contribution in [2.45, 2.75) is 45.1 Å². The van der Waals surface area contributed by atoms with Gasteiger partial charge in [-0.1, -0.05) is 13.3 Å². The first-order valence-electron chi connectivity index (χ1n) is 5.20. The van der Waals surface area contributed by atoms with Crippen molar-refractivity contribution in [2.75, 3.05) is 13.2 Å². The Balaban J connectivity index is 2.11. The molecule has 0 saturated carbocycles. The molecule has 0 unspecified atom stereocenters. The fraction of sp³-hybridized carbons (Fsp3) is 0.900. The van der Waals surface area contributed by atoms with E-state index in [0.29, 0.717) is 12.5 Å². The quantitative estimate of drug-likeness (QED) is 0.720. The Kier molecular flexibility index (Phi) is 4.83. The lowest BCUT2D eigenvalue weighted by atomic mass is 10.1. The first kappa shape index (κ1) is 10.5. The molecule has 1 amide bonds. The van der Waals surface area contributed by atoms with Gasteiger partial charge >= 0.3 is 0 Å². The van der Waals surface area contributed by atoms with E-state index in [1.165, 1.54) is 0 Å². The molecule has 0 aliphatic carbocycles. The normalized spacial score (nSPS) is 18.5. The SMILES string of the molecule is CCCCC(=O)NC1CCOCC1. The zero-order valence-electron chi connectivity index (χ0n) is 8.34. The first-order chi connectivity index (χ1) is 6.33. The fourth-order valence-corrected chi connectivity index (χ4v) is 1.48. The maximum Gasteiger partial charge on any atom is 0.220 e. The zero-order chi connectivity index (χ0) is 9.52. The molecule has 3 nitrogen and oxygen atoms in total. The summed E-state index contributed by atoms with van der Waals surface area (Å²) in [6.07, 6.45) is 4.69. The Morgan fingerprint density at radius 1 is 1.46 bits per heavy atom. The van der Waals surface area contributed by atoms with Gasteiger partial charge in [-0.2, -0.15) is 0 Å². The Hall–Kier alpha value is -0.570. The summed E-state index contributed by atoms with van der Waals surface area (Å²) in [4.78, 5) is 11.3. The van der Waals surface area contributed by atoms with Gasteiger partial charge in [-0.25, -0.2) is 0 Å². The van der Waals surface area contributed by atoms with Crippen LogP contribution in [0.3, 0.4) is 0 Å². The van der Waals surface area contributed by atoms with E-state index in [4.69, 9.17) is 4.74 Å². The number of hydrogen-bond acceptors (Lipinski definition) is 2. The van der Waals surface area contributed by atoms with Crippen LogP contribution in [0.4, 0.5) is 0 Å². The minimum Gasteiger partial charge on any atom is -0.381 e. The van der Waals surface area contributed by atoms with Crippen LogP contribution in [0.25, 0.3) is 0 Å². The van der Waals surface area contributed by atoms with Crippen LogP contribution in [-0.4, -0.2) is 25.2 Å². The lowest BCUT2D eigenvalue weighted by Gasteiger charge is -2.23. The van der Waals surface area contributed by atoms with Gasteiger partial charge in [-0.05, 0) is 19.3 Å². The second-order valence-corrected chi connectivity index (χ2v) is 3.56. The highest BCUT2D eigenvalue weighted by Gasteiger charge is 2.15. The Labute approximate surface area is 79.8 Å². The van der Waals surface area contributed by atoms with Gasteiger partial charge in [0, 0.05) is 25.7 Å². The van der Waals surface area contributed by atoms with Crippen LogP contribution in [0.5, 0.6) is 0 Å². The van der Waals surface area contributed by atoms with Crippen molar-refractivity contribution >= 4 is 5.91 Å². The highest BCUT2D eigenvalue weighted by atomic mass is 16.5. The standard InChI is InChI=1S/C10H19NO2/c1-2-3-4-10(12)11-9-5-7-13-8-6-9/h9H,2-8H2,1H3,(H,11,12). The number of carbonyl (C=O) groups is 1. The van der Waals surface area contributed by atoms with E-state index in [9.17, 15) is 4.79 Å². The average Bonchev–Trinajstić information content (AvgIpc) is 2.16. The average molecular weight is 185 g/mol. The van der Waals surface area contributed by atoms with Gasteiger partial charge < -0.3 is 10.1 Å². The predicted octanol–water partition coefficient (Wildman–Crippen LogP) is 1.47. The third-order valence-corrected chi connectivity index (χ3v) is 2.34. The molecule has 0 aromatic heterocycles. The van der Waals surface area contributed by atoms with Crippen LogP contribution in [0, 0.1) is 0 Å². The van der Waals surface area contributed by atoms with Crippen molar-refractivity contribution in [2.24, 2.45) is 0 Å². The lowest BCUT2D eigenvalue weighted by Crippen LogP contribution is -2.38. The highest BCUT2D eigenvalue weighted by Crippen LogP contribution is 2.06. The molecule has 0 radical (unpaired) electrons. The van der Waals surface area contributed by atoms with Gasteiger partial charge in [0.1, 0.15) is 0 Å². The summed E-state index contributed by atoms with van der Waals surface area (Å²) in [5, 5.41) is 3.03. The van der Waals surface area contributed by atoms with Gasteiger partial charge in [0.15, 0.2) is 0 Å². The van der Waals surface area contributed by atoms with Gasteiger partial charge in [0.2, 0.25) is 5.91 Å². The van der Waals surface area contributed by atoms with E-state index in [-0.39, 0.29) is 5.91 Å². The van der Waals surface area contributed by atoms with E-state index in [0.717, 1.165) is 38.9 Å². The molecule has 0 bridgehead atoms. The summed E-state index contributed by atoms with van der Waals surface area (Å²) in [5.74, 6) is 0.203. The number of rotatable bonds is 4. The second-order valence-electron chi connectivity index (χ2n) is 3.56. The van der Waals surface area contributed by atoms with Crippen molar-refractivity contribution in [1.29, 1.82) is 0 Å². The number of carbonyl (C=O) groups excluding carboxylic acids is 1. The number of amides is 1. The van der Waals surface area contributed by atoms with Crippen LogP contribution < -0.4 is 5.32 Å². The van der Waals surface area contributed by atoms with E-state index in [1.807, 2.05) is 0 Å². The summed E-state index contributed by atoms with van der Waals surface area (Å²) in [6, 6.07) is 0.359. The fourth-order valence-electron chi connectivity index (χ4n) is 1.48. The molecule has 0 aromatic carbocycles. The zero-order valence-corrected chi connectivity index (χ0v) is 8.34. The van der Waals surface area contributed by atoms with E-state index in [2.05, 4.69) is 12.2 Å². The molecule has 1 fully saturated rings. The molecule has 0 atom stereocenters. The Morgan fingerprint density at radius 3 is 2.77 bits per heavy atom. The van der Waals surface area contributed by atoms with E-state index >= 15 is 0 Å². The topological polar surface area (TPSA) is 38.3 Å². The monoisotopic (exact) mass is 185 g/mol. The molecule has 3 heteroatoms. The van der Waals surface area contributed by atoms with Crippen molar-refractivity contribution in [3.05, 3.63) is 0 Å². The molecule has 0 aromatic rings. The minimum atomic E-state index is 0.203. The third kappa shape index (κ3) is 4.27. The minimum absolute atomic E-state index is 0.203. The molecule has 13 heavy (non-hydrogen) atoms. The molecule has 0 spiro atoms. The molecule has 1 aliphatic rings. The van der Waals surface area contributed by atoms with Crippen molar-refractivity contribution in [3.8, 4) is 0 Å². The molecular formula is C10H19NO2. The van der Waals surface area contributed by atoms with Crippen LogP contribution in [-0.2, 0) is 9.53 Å². The van der Waals surface area contributed by atoms with Gasteiger partial charge in [-0.15, -0.1) is 0 Å². The summed E-state index contributed by atoms with van der Waals surface area (Å²) >= 11 is 0. The van der Waals surface area contributed by atoms with Crippen molar-refractivity contribution in [3.63, 3.8) is 0 Å². The predicted molar refractivity (Wildman–Crippen MR) is 51.5 cm³/mol. The summed E-state index contributed by atoms with van der Waals surface area (Å²) < 4.78 is 5.21. The van der Waals surface area contributed by atoms with Crippen LogP contribution in [0.15, 0.2) is 0 Å². The smallest absolute Gasteiger partial charge is 0.220 e. The Bertz CT molecular complexity index is 153. The number of ether oxygens (including phenoxy) is 1.